The van der Waals surface area contributed by atoms with Crippen molar-refractivity contribution >= 4 is 0 Å². The third kappa shape index (κ3) is 3.38. The summed E-state index contributed by atoms with van der Waals surface area (Å²) in [5.41, 5.74) is 7.99. The molecule has 0 fully saturated rings. The molecular formula is C20H20N2O3. The minimum atomic E-state index is -0.334. The molecule has 0 saturated heterocycles. The number of benzene rings is 2. The Morgan fingerprint density at radius 2 is 2.00 bits per heavy atom. The van der Waals surface area contributed by atoms with Crippen molar-refractivity contribution in [3.05, 3.63) is 65.0 Å². The van der Waals surface area contributed by atoms with E-state index in [9.17, 15) is 10.4 Å². The van der Waals surface area contributed by atoms with Crippen LogP contribution in [0, 0.1) is 11.3 Å². The van der Waals surface area contributed by atoms with Crippen molar-refractivity contribution in [1.82, 2.24) is 0 Å². The zero-order valence-corrected chi connectivity index (χ0v) is 14.0. The van der Waals surface area contributed by atoms with Gasteiger partial charge in [0.05, 0.1) is 12.5 Å². The summed E-state index contributed by atoms with van der Waals surface area (Å²) < 4.78 is 11.2. The highest BCUT2D eigenvalue weighted by Gasteiger charge is 2.30. The number of hydrogen-bond donors (Lipinski definition) is 2. The second-order valence-corrected chi connectivity index (χ2v) is 5.92. The van der Waals surface area contributed by atoms with Crippen LogP contribution in [0.3, 0.4) is 0 Å². The lowest BCUT2D eigenvalue weighted by atomic mass is 9.83. The molecule has 2 aromatic carbocycles. The molecule has 1 aliphatic heterocycles. The second kappa shape index (κ2) is 7.18. The molecule has 0 bridgehead atoms. The molecule has 0 saturated carbocycles. The average Bonchev–Trinajstić information content (AvgIpc) is 2.61. The zero-order chi connectivity index (χ0) is 17.8. The van der Waals surface area contributed by atoms with Crippen LogP contribution in [0.15, 0.2) is 53.9 Å². The Morgan fingerprint density at radius 3 is 2.68 bits per heavy atom. The summed E-state index contributed by atoms with van der Waals surface area (Å²) in [6, 6.07) is 14.6. The lowest BCUT2D eigenvalue weighted by Gasteiger charge is -2.26. The van der Waals surface area contributed by atoms with E-state index in [0.717, 1.165) is 29.7 Å². The summed E-state index contributed by atoms with van der Waals surface area (Å²) in [6.07, 6.45) is 2.09. The maximum Gasteiger partial charge on any atom is 0.205 e. The Bertz CT molecular complexity index is 835. The van der Waals surface area contributed by atoms with Gasteiger partial charge in [-0.2, -0.15) is 5.26 Å². The topological polar surface area (TPSA) is 88.5 Å². The molecule has 0 spiro atoms. The normalized spacial score (nSPS) is 15.9. The Morgan fingerprint density at radius 1 is 1.24 bits per heavy atom. The van der Waals surface area contributed by atoms with Gasteiger partial charge in [0.25, 0.3) is 0 Å². The number of nitrogens with two attached hydrogens (primary N) is 1. The van der Waals surface area contributed by atoms with Crippen molar-refractivity contribution in [1.29, 1.82) is 5.26 Å². The monoisotopic (exact) mass is 336 g/mol. The molecule has 0 aliphatic carbocycles. The largest absolute Gasteiger partial charge is 0.508 e. The maximum atomic E-state index is 9.68. The summed E-state index contributed by atoms with van der Waals surface area (Å²) in [7, 11) is 0. The quantitative estimate of drug-likeness (QED) is 0.811. The second-order valence-electron chi connectivity index (χ2n) is 5.92. The molecular weight excluding hydrogens is 316 g/mol. The Hall–Kier alpha value is -3.13. The third-order valence-corrected chi connectivity index (χ3v) is 4.18. The molecule has 25 heavy (non-hydrogen) atoms. The van der Waals surface area contributed by atoms with Crippen molar-refractivity contribution < 1.29 is 14.6 Å². The summed E-state index contributed by atoms with van der Waals surface area (Å²) in [4.78, 5) is 0. The number of phenolic OH excluding ortho intramolecular Hbond substituents is 1. The van der Waals surface area contributed by atoms with E-state index in [-0.39, 0.29) is 17.6 Å². The predicted octanol–water partition coefficient (Wildman–Crippen LogP) is 3.79. The SMILES string of the molecule is CCCCOc1ccc(C2C(C#N)=C(N)Oc3cc(O)ccc32)cc1. The van der Waals surface area contributed by atoms with Gasteiger partial charge in [0.15, 0.2) is 0 Å². The fourth-order valence-corrected chi connectivity index (χ4v) is 2.88. The van der Waals surface area contributed by atoms with Gasteiger partial charge in [-0.1, -0.05) is 31.5 Å². The molecule has 1 heterocycles. The molecule has 5 heteroatoms. The van der Waals surface area contributed by atoms with Crippen LogP contribution in [-0.4, -0.2) is 11.7 Å². The summed E-state index contributed by atoms with van der Waals surface area (Å²) in [6.45, 7) is 2.80. The minimum absolute atomic E-state index is 0.0638. The fraction of sp³-hybridized carbons (Fsp3) is 0.250. The van der Waals surface area contributed by atoms with Crippen molar-refractivity contribution in [2.24, 2.45) is 5.73 Å². The van der Waals surface area contributed by atoms with Gasteiger partial charge in [-0.3, -0.25) is 0 Å². The average molecular weight is 336 g/mol. The number of allylic oxidation sites excluding steroid dienone is 1. The fourth-order valence-electron chi connectivity index (χ4n) is 2.88. The van der Waals surface area contributed by atoms with E-state index in [4.69, 9.17) is 15.2 Å². The highest BCUT2D eigenvalue weighted by atomic mass is 16.5. The van der Waals surface area contributed by atoms with Gasteiger partial charge in [0, 0.05) is 11.6 Å². The Labute approximate surface area is 146 Å². The highest BCUT2D eigenvalue weighted by molar-refractivity contribution is 5.57. The van der Waals surface area contributed by atoms with Crippen LogP contribution >= 0.6 is 0 Å². The van der Waals surface area contributed by atoms with Crippen molar-refractivity contribution in [2.75, 3.05) is 6.61 Å². The molecule has 3 rings (SSSR count). The first kappa shape index (κ1) is 16.7. The summed E-state index contributed by atoms with van der Waals surface area (Å²) in [5, 5.41) is 19.2. The van der Waals surface area contributed by atoms with Crippen LogP contribution < -0.4 is 15.2 Å². The van der Waals surface area contributed by atoms with Crippen molar-refractivity contribution in [3.8, 4) is 23.3 Å². The molecule has 5 nitrogen and oxygen atoms in total. The maximum absolute atomic E-state index is 9.68. The van der Waals surface area contributed by atoms with Gasteiger partial charge in [0.2, 0.25) is 5.88 Å². The number of aromatic hydroxyl groups is 1. The number of fused-ring (bicyclic) bond motifs is 1. The van der Waals surface area contributed by atoms with Gasteiger partial charge in [-0.15, -0.1) is 0 Å². The number of unbranched alkanes of at least 4 members (excludes halogenated alkanes) is 1. The van der Waals surface area contributed by atoms with E-state index >= 15 is 0 Å². The zero-order valence-electron chi connectivity index (χ0n) is 14.0. The van der Waals surface area contributed by atoms with Crippen LogP contribution in [-0.2, 0) is 0 Å². The number of hydrogen-bond acceptors (Lipinski definition) is 5. The first-order valence-electron chi connectivity index (χ1n) is 8.27. The number of nitrogens with zero attached hydrogens (tertiary/aromatic N) is 1. The molecule has 1 atom stereocenters. The van der Waals surface area contributed by atoms with E-state index in [1.54, 1.807) is 12.1 Å². The molecule has 1 unspecified atom stereocenters. The van der Waals surface area contributed by atoms with E-state index in [1.165, 1.54) is 6.07 Å². The van der Waals surface area contributed by atoms with Gasteiger partial charge in [-0.25, -0.2) is 0 Å². The number of rotatable bonds is 5. The first-order chi connectivity index (χ1) is 12.1. The predicted molar refractivity (Wildman–Crippen MR) is 94.2 cm³/mol. The highest BCUT2D eigenvalue weighted by Crippen LogP contribution is 2.43. The molecule has 3 N–H and O–H groups in total. The summed E-state index contributed by atoms with van der Waals surface area (Å²) in [5.74, 6) is 1.08. The van der Waals surface area contributed by atoms with Crippen LogP contribution in [0.25, 0.3) is 0 Å². The molecule has 0 aromatic heterocycles. The number of nitriles is 1. The van der Waals surface area contributed by atoms with Crippen LogP contribution in [0.1, 0.15) is 36.8 Å². The Balaban J connectivity index is 1.96. The lowest BCUT2D eigenvalue weighted by molar-refractivity contribution is 0.309. The first-order valence-corrected chi connectivity index (χ1v) is 8.27. The lowest BCUT2D eigenvalue weighted by Crippen LogP contribution is -2.20. The number of phenols is 1. The molecule has 128 valence electrons. The summed E-state index contributed by atoms with van der Waals surface area (Å²) >= 11 is 0. The smallest absolute Gasteiger partial charge is 0.205 e. The molecule has 0 radical (unpaired) electrons. The van der Waals surface area contributed by atoms with Crippen LogP contribution in [0.2, 0.25) is 0 Å². The standard InChI is InChI=1S/C20H20N2O3/c1-2-3-10-24-15-7-4-13(5-8-15)19-16-9-6-14(23)11-18(16)25-20(22)17(19)12-21/h4-9,11,19,23H,2-3,10,22H2,1H3. The van der Waals surface area contributed by atoms with E-state index in [2.05, 4.69) is 13.0 Å². The van der Waals surface area contributed by atoms with E-state index < -0.39 is 0 Å². The van der Waals surface area contributed by atoms with Gasteiger partial charge in [-0.05, 0) is 30.2 Å². The molecule has 2 aromatic rings. The van der Waals surface area contributed by atoms with E-state index in [1.807, 2.05) is 24.3 Å². The van der Waals surface area contributed by atoms with Crippen LogP contribution in [0.4, 0.5) is 0 Å². The Kier molecular flexibility index (Phi) is 4.80. The van der Waals surface area contributed by atoms with Crippen molar-refractivity contribution in [3.63, 3.8) is 0 Å². The molecule has 0 amide bonds. The van der Waals surface area contributed by atoms with Gasteiger partial charge >= 0.3 is 0 Å². The van der Waals surface area contributed by atoms with Gasteiger partial charge < -0.3 is 20.3 Å². The van der Waals surface area contributed by atoms with Crippen LogP contribution in [0.5, 0.6) is 17.2 Å². The van der Waals surface area contributed by atoms with Gasteiger partial charge in [0.1, 0.15) is 28.9 Å². The number of ether oxygens (including phenoxy) is 2. The van der Waals surface area contributed by atoms with E-state index in [0.29, 0.717) is 17.9 Å². The van der Waals surface area contributed by atoms with Crippen molar-refractivity contribution in [2.45, 2.75) is 25.7 Å². The molecule has 1 aliphatic rings. The third-order valence-electron chi connectivity index (χ3n) is 4.18. The minimum Gasteiger partial charge on any atom is -0.508 e.